The Morgan fingerprint density at radius 2 is 2.09 bits per heavy atom. The smallest absolute Gasteiger partial charge is 0.324 e. The molecule has 7 heteroatoms. The van der Waals surface area contributed by atoms with Gasteiger partial charge < -0.3 is 15.1 Å². The Bertz CT molecular complexity index is 1040. The van der Waals surface area contributed by atoms with E-state index in [2.05, 4.69) is 34.9 Å². The first-order valence-electron chi connectivity index (χ1n) is 11.2. The number of fused-ring (bicyclic) bond motifs is 1. The molecule has 1 aliphatic rings. The van der Waals surface area contributed by atoms with Crippen LogP contribution in [0.3, 0.4) is 0 Å². The van der Waals surface area contributed by atoms with Crippen molar-refractivity contribution >= 4 is 33.2 Å². The highest BCUT2D eigenvalue weighted by Crippen LogP contribution is 2.44. The Labute approximate surface area is 198 Å². The zero-order valence-corrected chi connectivity index (χ0v) is 19.8. The summed E-state index contributed by atoms with van der Waals surface area (Å²) in [7, 11) is 0. The topological polar surface area (TPSA) is 110 Å². The van der Waals surface area contributed by atoms with E-state index >= 15 is 0 Å². The maximum atomic E-state index is 12.9. The van der Waals surface area contributed by atoms with Crippen LogP contribution in [0, 0.1) is 29.1 Å². The molecule has 0 saturated heterocycles. The number of ketones is 1. The lowest BCUT2D eigenvalue weighted by Gasteiger charge is -2.22. The van der Waals surface area contributed by atoms with Crippen LogP contribution >= 0.6 is 11.3 Å². The van der Waals surface area contributed by atoms with Crippen molar-refractivity contribution in [2.24, 2.45) is 23.1 Å². The number of unbranched alkanes of at least 4 members (excludes halogenated alkanes) is 1. The van der Waals surface area contributed by atoms with Crippen LogP contribution in [0.15, 0.2) is 42.5 Å². The number of benzene rings is 1. The minimum Gasteiger partial charge on any atom is -0.391 e. The maximum absolute atomic E-state index is 12.9. The molecule has 0 spiro atoms. The second kappa shape index (κ2) is 11.1. The minimum absolute atomic E-state index is 0.0235. The van der Waals surface area contributed by atoms with Crippen molar-refractivity contribution in [3.8, 4) is 11.8 Å². The number of nitrogens with two attached hydrogens (primary N) is 1. The fourth-order valence-corrected chi connectivity index (χ4v) is 5.40. The molecule has 0 amide bonds. The summed E-state index contributed by atoms with van der Waals surface area (Å²) in [6.07, 6.45) is 3.93. The van der Waals surface area contributed by atoms with E-state index in [9.17, 15) is 19.8 Å². The van der Waals surface area contributed by atoms with Crippen LogP contribution in [-0.4, -0.2) is 34.2 Å². The molecule has 2 aromatic rings. The van der Waals surface area contributed by atoms with Gasteiger partial charge in [0.2, 0.25) is 0 Å². The standard InChI is InChI=1S/C26H31NO5S/c1-26(2)24(30)20(10-5-3-4-6-12-23(29)32-27)21(25(26)31)14-13-18(28)16-19-15-17-9-7-8-11-22(17)33-19/h7-9,11,13-15,18,20-21,25,28,31H,4,6,10,12,16,27H2,1-2H3/b14-13+/t18?,20-,21-,25+/m1/s1. The van der Waals surface area contributed by atoms with Crippen LogP contribution in [0.4, 0.5) is 0 Å². The number of carbonyl (C=O) groups excluding carboxylic acids is 2. The number of aliphatic hydroxyl groups excluding tert-OH is 2. The van der Waals surface area contributed by atoms with Crippen LogP contribution in [-0.2, 0) is 20.8 Å². The molecular weight excluding hydrogens is 438 g/mol. The molecule has 1 fully saturated rings. The van der Waals surface area contributed by atoms with E-state index in [0.717, 1.165) is 10.3 Å². The molecular formula is C26H31NO5S. The van der Waals surface area contributed by atoms with Crippen molar-refractivity contribution in [3.05, 3.63) is 47.4 Å². The molecule has 33 heavy (non-hydrogen) atoms. The van der Waals surface area contributed by atoms with Crippen molar-refractivity contribution in [1.29, 1.82) is 0 Å². The molecule has 0 radical (unpaired) electrons. The second-order valence-corrected chi connectivity index (χ2v) is 10.2. The number of carbonyl (C=O) groups is 2. The number of Topliss-reactive ketones (excluding diaryl/α,β-unsaturated/α-hetero) is 1. The van der Waals surface area contributed by atoms with Gasteiger partial charge in [0.1, 0.15) is 5.78 Å². The fraction of sp³-hybridized carbons (Fsp3) is 0.462. The molecule has 3 rings (SSSR count). The van der Waals surface area contributed by atoms with Crippen LogP contribution in [0.1, 0.15) is 44.4 Å². The first kappa shape index (κ1) is 25.1. The first-order chi connectivity index (χ1) is 15.7. The summed E-state index contributed by atoms with van der Waals surface area (Å²) in [6, 6.07) is 10.2. The third-order valence-electron chi connectivity index (χ3n) is 6.24. The molecule has 1 aromatic carbocycles. The highest BCUT2D eigenvalue weighted by Gasteiger charge is 2.53. The molecule has 1 aromatic heterocycles. The van der Waals surface area contributed by atoms with Gasteiger partial charge in [-0.2, -0.15) is 5.90 Å². The van der Waals surface area contributed by atoms with Gasteiger partial charge >= 0.3 is 5.97 Å². The SMILES string of the molecule is CC1(C)C(=O)[C@H](CC#CCCCC(=O)ON)[C@@H](/C=C/C(O)Cc2cc3ccccc3s2)[C@@H]1O. The monoisotopic (exact) mass is 469 g/mol. The number of aliphatic hydroxyl groups is 2. The molecule has 4 N–H and O–H groups in total. The Morgan fingerprint density at radius 3 is 2.82 bits per heavy atom. The van der Waals surface area contributed by atoms with Crippen LogP contribution in [0.5, 0.6) is 0 Å². The van der Waals surface area contributed by atoms with Crippen LogP contribution in [0.2, 0.25) is 0 Å². The fourth-order valence-electron chi connectivity index (χ4n) is 4.29. The van der Waals surface area contributed by atoms with Crippen molar-refractivity contribution in [2.75, 3.05) is 0 Å². The third-order valence-corrected chi connectivity index (χ3v) is 7.38. The van der Waals surface area contributed by atoms with Gasteiger partial charge in [-0.25, -0.2) is 0 Å². The van der Waals surface area contributed by atoms with Crippen molar-refractivity contribution < 1.29 is 24.6 Å². The quantitative estimate of drug-likeness (QED) is 0.236. The average molecular weight is 470 g/mol. The summed E-state index contributed by atoms with van der Waals surface area (Å²) >= 11 is 1.65. The Kier molecular flexibility index (Phi) is 8.44. The molecule has 0 bridgehead atoms. The summed E-state index contributed by atoms with van der Waals surface area (Å²) in [6.45, 7) is 3.50. The van der Waals surface area contributed by atoms with Gasteiger partial charge in [0.25, 0.3) is 0 Å². The first-order valence-corrected chi connectivity index (χ1v) is 12.0. The molecule has 1 heterocycles. The van der Waals surface area contributed by atoms with Gasteiger partial charge in [0, 0.05) is 47.1 Å². The predicted molar refractivity (Wildman–Crippen MR) is 129 cm³/mol. The molecule has 4 atom stereocenters. The predicted octanol–water partition coefficient (Wildman–Crippen LogP) is 3.54. The minimum atomic E-state index is -0.872. The maximum Gasteiger partial charge on any atom is 0.324 e. The Hall–Kier alpha value is -2.50. The molecule has 1 unspecified atom stereocenters. The van der Waals surface area contributed by atoms with E-state index in [1.54, 1.807) is 37.3 Å². The van der Waals surface area contributed by atoms with Gasteiger partial charge in [0.15, 0.2) is 0 Å². The summed E-state index contributed by atoms with van der Waals surface area (Å²) in [5.74, 6) is 9.45. The van der Waals surface area contributed by atoms with Crippen molar-refractivity contribution in [2.45, 2.75) is 58.2 Å². The zero-order chi connectivity index (χ0) is 24.0. The van der Waals surface area contributed by atoms with Crippen LogP contribution in [0.25, 0.3) is 10.1 Å². The van der Waals surface area contributed by atoms with Crippen molar-refractivity contribution in [1.82, 2.24) is 0 Å². The van der Waals surface area contributed by atoms with E-state index in [1.807, 2.05) is 12.1 Å². The lowest BCUT2D eigenvalue weighted by Crippen LogP contribution is -2.31. The lowest BCUT2D eigenvalue weighted by molar-refractivity contribution is -0.144. The van der Waals surface area contributed by atoms with E-state index in [0.29, 0.717) is 25.7 Å². The summed E-state index contributed by atoms with van der Waals surface area (Å²) in [5.41, 5.74) is -0.872. The number of rotatable bonds is 8. The number of thiophene rings is 1. The lowest BCUT2D eigenvalue weighted by atomic mass is 9.86. The average Bonchev–Trinajstić information content (AvgIpc) is 3.26. The Balaban J connectivity index is 1.63. The van der Waals surface area contributed by atoms with Gasteiger partial charge in [-0.3, -0.25) is 9.59 Å². The van der Waals surface area contributed by atoms with Gasteiger partial charge in [-0.05, 0) is 23.9 Å². The summed E-state index contributed by atoms with van der Waals surface area (Å²) in [4.78, 5) is 29.2. The number of hydrogen-bond donors (Lipinski definition) is 3. The van der Waals surface area contributed by atoms with E-state index in [4.69, 9.17) is 5.90 Å². The molecule has 6 nitrogen and oxygen atoms in total. The van der Waals surface area contributed by atoms with E-state index < -0.39 is 35.4 Å². The normalized spacial score (nSPS) is 22.9. The molecule has 1 saturated carbocycles. The third kappa shape index (κ3) is 6.10. The van der Waals surface area contributed by atoms with E-state index in [1.165, 1.54) is 4.70 Å². The largest absolute Gasteiger partial charge is 0.391 e. The van der Waals surface area contributed by atoms with Crippen LogP contribution < -0.4 is 5.90 Å². The van der Waals surface area contributed by atoms with E-state index in [-0.39, 0.29) is 12.2 Å². The second-order valence-electron chi connectivity index (χ2n) is 9.02. The highest BCUT2D eigenvalue weighted by molar-refractivity contribution is 7.19. The molecule has 1 aliphatic carbocycles. The molecule has 176 valence electrons. The van der Waals surface area contributed by atoms with Gasteiger partial charge in [-0.15, -0.1) is 23.2 Å². The molecule has 0 aliphatic heterocycles. The highest BCUT2D eigenvalue weighted by atomic mass is 32.1. The zero-order valence-electron chi connectivity index (χ0n) is 19.0. The van der Waals surface area contributed by atoms with Gasteiger partial charge in [0.05, 0.1) is 17.6 Å². The number of hydrogen-bond acceptors (Lipinski definition) is 7. The Morgan fingerprint density at radius 1 is 1.33 bits per heavy atom. The van der Waals surface area contributed by atoms with Gasteiger partial charge in [-0.1, -0.05) is 44.2 Å². The van der Waals surface area contributed by atoms with Crippen molar-refractivity contribution in [3.63, 3.8) is 0 Å². The summed E-state index contributed by atoms with van der Waals surface area (Å²) < 4.78 is 1.18. The summed E-state index contributed by atoms with van der Waals surface area (Å²) in [5, 5.41) is 22.6.